The van der Waals surface area contributed by atoms with Crippen LogP contribution in [0, 0.1) is 0 Å². The molecule has 7 heteroatoms. The third kappa shape index (κ3) is 3.50. The lowest BCUT2D eigenvalue weighted by Gasteiger charge is -2.10. The molecule has 0 spiro atoms. The Morgan fingerprint density at radius 3 is 2.61 bits per heavy atom. The van der Waals surface area contributed by atoms with Gasteiger partial charge < -0.3 is 14.5 Å². The van der Waals surface area contributed by atoms with Crippen LogP contribution in [0.25, 0.3) is 11.6 Å². The summed E-state index contributed by atoms with van der Waals surface area (Å²) in [6, 6.07) is 20.1. The topological polar surface area (TPSA) is 82.2 Å². The molecule has 0 radical (unpaired) electrons. The van der Waals surface area contributed by atoms with Crippen molar-refractivity contribution in [3.05, 3.63) is 84.1 Å². The van der Waals surface area contributed by atoms with E-state index in [0.717, 1.165) is 11.3 Å². The highest BCUT2D eigenvalue weighted by atomic mass is 16.5. The average molecular weight is 374 g/mol. The summed E-state index contributed by atoms with van der Waals surface area (Å²) in [6.07, 6.45) is 1.54. The number of carbonyl (C=O) groups is 1. The molecule has 0 saturated heterocycles. The van der Waals surface area contributed by atoms with Crippen LogP contribution in [0.15, 0.2) is 77.4 Å². The predicted octanol–water partition coefficient (Wildman–Crippen LogP) is 3.85. The molecular formula is C21H18N4O3. The van der Waals surface area contributed by atoms with E-state index in [0.29, 0.717) is 29.6 Å². The van der Waals surface area contributed by atoms with Crippen molar-refractivity contribution in [1.82, 2.24) is 14.8 Å². The van der Waals surface area contributed by atoms with Crippen LogP contribution < -0.4 is 10.1 Å². The number of hydrogen-bond acceptors (Lipinski definition) is 6. The highest BCUT2D eigenvalue weighted by molar-refractivity contribution is 5.97. The number of methoxy groups -OCH3 is 1. The van der Waals surface area contributed by atoms with Gasteiger partial charge in [-0.15, -0.1) is 5.10 Å². The number of benzene rings is 2. The van der Waals surface area contributed by atoms with E-state index in [9.17, 15) is 4.79 Å². The fourth-order valence-electron chi connectivity index (χ4n) is 2.80. The third-order valence-corrected chi connectivity index (χ3v) is 4.19. The first-order valence-electron chi connectivity index (χ1n) is 8.72. The minimum absolute atomic E-state index is 0.284. The molecule has 28 heavy (non-hydrogen) atoms. The molecule has 4 rings (SSSR count). The van der Waals surface area contributed by atoms with E-state index in [1.165, 1.54) is 10.9 Å². The summed E-state index contributed by atoms with van der Waals surface area (Å²) in [5, 5.41) is 7.54. The molecule has 0 aliphatic carbocycles. The van der Waals surface area contributed by atoms with Crippen molar-refractivity contribution < 1.29 is 13.9 Å². The van der Waals surface area contributed by atoms with Crippen molar-refractivity contribution in [1.29, 1.82) is 0 Å². The van der Waals surface area contributed by atoms with Crippen molar-refractivity contribution in [2.45, 2.75) is 6.54 Å². The lowest BCUT2D eigenvalue weighted by molar-refractivity contribution is 0.0947. The summed E-state index contributed by atoms with van der Waals surface area (Å²) in [5.74, 6) is 1.61. The Kier molecular flexibility index (Phi) is 4.88. The van der Waals surface area contributed by atoms with Crippen LogP contribution in [0.5, 0.6) is 5.75 Å². The van der Waals surface area contributed by atoms with E-state index in [2.05, 4.69) is 15.4 Å². The number of nitrogens with one attached hydrogen (secondary N) is 1. The number of hydrogen-bond donors (Lipinski definition) is 1. The average Bonchev–Trinajstić information content (AvgIpc) is 3.42. The van der Waals surface area contributed by atoms with Gasteiger partial charge in [0.15, 0.2) is 5.76 Å². The molecule has 0 amide bonds. The second kappa shape index (κ2) is 7.79. The first-order chi connectivity index (χ1) is 13.8. The smallest absolute Gasteiger partial charge is 0.281 e. The monoisotopic (exact) mass is 374 g/mol. The van der Waals surface area contributed by atoms with Crippen molar-refractivity contribution in [2.75, 3.05) is 12.4 Å². The summed E-state index contributed by atoms with van der Waals surface area (Å²) in [7, 11) is 1.62. The van der Waals surface area contributed by atoms with Crippen LogP contribution in [-0.2, 0) is 6.54 Å². The van der Waals surface area contributed by atoms with E-state index in [1.54, 1.807) is 43.5 Å². The first-order valence-corrected chi connectivity index (χ1v) is 8.72. The molecule has 140 valence electrons. The van der Waals surface area contributed by atoms with E-state index in [1.807, 2.05) is 30.3 Å². The Balaban J connectivity index is 1.67. The highest BCUT2D eigenvalue weighted by Gasteiger charge is 2.20. The number of anilines is 1. The molecular weight excluding hydrogens is 356 g/mol. The van der Waals surface area contributed by atoms with Gasteiger partial charge in [0, 0.05) is 17.7 Å². The summed E-state index contributed by atoms with van der Waals surface area (Å²) in [5.41, 5.74) is 1.45. The van der Waals surface area contributed by atoms with E-state index < -0.39 is 0 Å². The lowest BCUT2D eigenvalue weighted by Crippen LogP contribution is -2.17. The Labute approximate surface area is 161 Å². The fraction of sp³-hybridized carbons (Fsp3) is 0.0952. The molecule has 1 N–H and O–H groups in total. The molecule has 0 aliphatic rings. The van der Waals surface area contributed by atoms with Crippen molar-refractivity contribution in [2.24, 2.45) is 0 Å². The molecule has 7 nitrogen and oxygen atoms in total. The number of ether oxygens (including phenoxy) is 1. The van der Waals surface area contributed by atoms with Gasteiger partial charge in [-0.3, -0.25) is 4.79 Å². The fourth-order valence-corrected chi connectivity index (χ4v) is 2.80. The third-order valence-electron chi connectivity index (χ3n) is 4.19. The van der Waals surface area contributed by atoms with Crippen LogP contribution in [0.4, 0.5) is 5.95 Å². The number of rotatable bonds is 6. The zero-order chi connectivity index (χ0) is 19.3. The van der Waals surface area contributed by atoms with Gasteiger partial charge in [-0.2, -0.15) is 9.67 Å². The zero-order valence-corrected chi connectivity index (χ0v) is 15.2. The van der Waals surface area contributed by atoms with Crippen LogP contribution in [0.3, 0.4) is 0 Å². The first kappa shape index (κ1) is 17.5. The van der Waals surface area contributed by atoms with Crippen molar-refractivity contribution in [3.8, 4) is 17.3 Å². The molecule has 4 aromatic rings. The number of furan rings is 1. The standard InChI is InChI=1S/C21H18N4O3/c1-27-17-11-6-5-10-16(17)14-22-21-23-19(18-12-7-13-28-18)24-25(21)20(26)15-8-3-2-4-9-15/h2-13H,14H2,1H3,(H,22,23,24). The Morgan fingerprint density at radius 2 is 1.86 bits per heavy atom. The predicted molar refractivity (Wildman–Crippen MR) is 104 cm³/mol. The number of carbonyl (C=O) groups excluding carboxylic acids is 1. The Bertz CT molecular complexity index is 1070. The van der Waals surface area contributed by atoms with Gasteiger partial charge in [-0.05, 0) is 30.3 Å². The van der Waals surface area contributed by atoms with Gasteiger partial charge in [0.05, 0.1) is 13.4 Å². The lowest BCUT2D eigenvalue weighted by atomic mass is 10.2. The molecule has 0 unspecified atom stereocenters. The van der Waals surface area contributed by atoms with Crippen LogP contribution >= 0.6 is 0 Å². The second-order valence-corrected chi connectivity index (χ2v) is 5.98. The molecule has 2 heterocycles. The summed E-state index contributed by atoms with van der Waals surface area (Å²) in [4.78, 5) is 17.4. The molecule has 0 fully saturated rings. The summed E-state index contributed by atoms with van der Waals surface area (Å²) < 4.78 is 12.0. The van der Waals surface area contributed by atoms with Gasteiger partial charge >= 0.3 is 0 Å². The van der Waals surface area contributed by atoms with E-state index in [-0.39, 0.29) is 5.91 Å². The molecule has 2 aromatic heterocycles. The van der Waals surface area contributed by atoms with Gasteiger partial charge in [0.2, 0.25) is 11.8 Å². The van der Waals surface area contributed by atoms with E-state index >= 15 is 0 Å². The summed E-state index contributed by atoms with van der Waals surface area (Å²) in [6.45, 7) is 0.419. The van der Waals surface area contributed by atoms with Crippen molar-refractivity contribution >= 4 is 11.9 Å². The van der Waals surface area contributed by atoms with Crippen LogP contribution in [0.2, 0.25) is 0 Å². The number of nitrogens with zero attached hydrogens (tertiary/aromatic N) is 3. The maximum absolute atomic E-state index is 12.9. The Morgan fingerprint density at radius 1 is 1.07 bits per heavy atom. The summed E-state index contributed by atoms with van der Waals surface area (Å²) >= 11 is 0. The SMILES string of the molecule is COc1ccccc1CNc1nc(-c2ccco2)nn1C(=O)c1ccccc1. The molecule has 0 atom stereocenters. The zero-order valence-electron chi connectivity index (χ0n) is 15.2. The molecule has 0 aliphatic heterocycles. The van der Waals surface area contributed by atoms with Crippen LogP contribution in [0.1, 0.15) is 15.9 Å². The van der Waals surface area contributed by atoms with Crippen molar-refractivity contribution in [3.63, 3.8) is 0 Å². The molecule has 0 bridgehead atoms. The van der Waals surface area contributed by atoms with E-state index in [4.69, 9.17) is 9.15 Å². The maximum Gasteiger partial charge on any atom is 0.281 e. The number of para-hydroxylation sites is 1. The van der Waals surface area contributed by atoms with Gasteiger partial charge in [0.25, 0.3) is 5.91 Å². The van der Waals surface area contributed by atoms with Gasteiger partial charge in [0.1, 0.15) is 5.75 Å². The molecule has 2 aromatic carbocycles. The van der Waals surface area contributed by atoms with Crippen LogP contribution in [-0.4, -0.2) is 27.8 Å². The maximum atomic E-state index is 12.9. The largest absolute Gasteiger partial charge is 0.496 e. The minimum Gasteiger partial charge on any atom is -0.496 e. The second-order valence-electron chi connectivity index (χ2n) is 5.98. The van der Waals surface area contributed by atoms with Gasteiger partial charge in [-0.25, -0.2) is 0 Å². The normalized spacial score (nSPS) is 10.6. The Hall–Kier alpha value is -3.87. The quantitative estimate of drug-likeness (QED) is 0.552. The number of aromatic nitrogens is 3. The minimum atomic E-state index is -0.284. The molecule has 0 saturated carbocycles. The highest BCUT2D eigenvalue weighted by Crippen LogP contribution is 2.22. The van der Waals surface area contributed by atoms with Gasteiger partial charge in [-0.1, -0.05) is 36.4 Å².